The largest absolute Gasteiger partial charge is 0.371 e. The van der Waals surface area contributed by atoms with Gasteiger partial charge in [-0.25, -0.2) is 0 Å². The van der Waals surface area contributed by atoms with Crippen molar-refractivity contribution in [3.05, 3.63) is 17.5 Å². The van der Waals surface area contributed by atoms with Crippen molar-refractivity contribution in [2.45, 2.75) is 31.9 Å². The van der Waals surface area contributed by atoms with E-state index in [1.807, 2.05) is 13.0 Å². The fraction of sp³-hybridized carbons (Fsp3) is 0.786. The molecule has 3 rings (SSSR count). The average molecular weight is 265 g/mol. The Morgan fingerprint density at radius 2 is 2.26 bits per heavy atom. The van der Waals surface area contributed by atoms with Gasteiger partial charge in [0.25, 0.3) is 0 Å². The highest BCUT2D eigenvalue weighted by atomic mass is 16.5. The Labute approximate surface area is 114 Å². The van der Waals surface area contributed by atoms with E-state index in [4.69, 9.17) is 9.26 Å². The molecule has 0 saturated carbocycles. The van der Waals surface area contributed by atoms with Crippen molar-refractivity contribution in [3.63, 3.8) is 0 Å². The zero-order chi connectivity index (χ0) is 13.3. The van der Waals surface area contributed by atoms with Crippen molar-refractivity contribution in [2.75, 3.05) is 39.8 Å². The number of likely N-dealkylation sites (tertiary alicyclic amines) is 1. The molecule has 1 atom stereocenters. The van der Waals surface area contributed by atoms with Crippen LogP contribution in [0.25, 0.3) is 0 Å². The van der Waals surface area contributed by atoms with E-state index in [9.17, 15) is 0 Å². The van der Waals surface area contributed by atoms with Gasteiger partial charge < -0.3 is 14.2 Å². The normalized spacial score (nSPS) is 30.0. The standard InChI is InChI=1S/C14H23N3O2/c1-12-8-13(15-19-12)9-17-6-7-18-14(11-17)4-3-5-16(2)10-14/h8H,3-7,9-11H2,1-2H3. The Bertz CT molecular complexity index is 430. The van der Waals surface area contributed by atoms with Crippen LogP contribution in [0, 0.1) is 6.92 Å². The molecular weight excluding hydrogens is 242 g/mol. The predicted molar refractivity (Wildman–Crippen MR) is 71.9 cm³/mol. The van der Waals surface area contributed by atoms with Crippen LogP contribution in [-0.2, 0) is 11.3 Å². The van der Waals surface area contributed by atoms with Crippen LogP contribution in [0.1, 0.15) is 24.3 Å². The van der Waals surface area contributed by atoms with Gasteiger partial charge in [-0.05, 0) is 33.4 Å². The van der Waals surface area contributed by atoms with E-state index < -0.39 is 0 Å². The fourth-order valence-electron chi connectivity index (χ4n) is 3.35. The lowest BCUT2D eigenvalue weighted by Crippen LogP contribution is -2.58. The highest BCUT2D eigenvalue weighted by molar-refractivity contribution is 5.04. The first-order chi connectivity index (χ1) is 9.15. The summed E-state index contributed by atoms with van der Waals surface area (Å²) < 4.78 is 11.3. The molecule has 1 unspecified atom stereocenters. The number of likely N-dealkylation sites (N-methyl/N-ethyl adjacent to an activating group) is 1. The molecule has 106 valence electrons. The maximum absolute atomic E-state index is 6.12. The van der Waals surface area contributed by atoms with E-state index >= 15 is 0 Å². The first-order valence-electron chi connectivity index (χ1n) is 7.12. The van der Waals surface area contributed by atoms with Crippen LogP contribution >= 0.6 is 0 Å². The summed E-state index contributed by atoms with van der Waals surface area (Å²) in [5.41, 5.74) is 1.06. The number of aromatic nitrogens is 1. The number of ether oxygens (including phenoxy) is 1. The van der Waals surface area contributed by atoms with Crippen LogP contribution in [0.3, 0.4) is 0 Å². The summed E-state index contributed by atoms with van der Waals surface area (Å²) >= 11 is 0. The van der Waals surface area contributed by atoms with Crippen LogP contribution in [0.2, 0.25) is 0 Å². The molecule has 2 aliphatic heterocycles. The maximum Gasteiger partial charge on any atom is 0.133 e. The Morgan fingerprint density at radius 3 is 3.00 bits per heavy atom. The molecule has 1 aromatic heterocycles. The summed E-state index contributed by atoms with van der Waals surface area (Å²) in [6, 6.07) is 2.02. The lowest BCUT2D eigenvalue weighted by Gasteiger charge is -2.47. The molecule has 0 radical (unpaired) electrons. The zero-order valence-electron chi connectivity index (χ0n) is 11.9. The van der Waals surface area contributed by atoms with Gasteiger partial charge in [0.05, 0.1) is 17.9 Å². The van der Waals surface area contributed by atoms with E-state index in [1.54, 1.807) is 0 Å². The van der Waals surface area contributed by atoms with E-state index in [1.165, 1.54) is 19.4 Å². The lowest BCUT2D eigenvalue weighted by atomic mass is 9.91. The van der Waals surface area contributed by atoms with Crippen LogP contribution in [-0.4, -0.2) is 60.4 Å². The summed E-state index contributed by atoms with van der Waals surface area (Å²) in [5.74, 6) is 0.885. The third-order valence-electron chi connectivity index (χ3n) is 4.12. The van der Waals surface area contributed by atoms with Crippen LogP contribution in [0.5, 0.6) is 0 Å². The first-order valence-corrected chi connectivity index (χ1v) is 7.12. The van der Waals surface area contributed by atoms with Crippen LogP contribution < -0.4 is 0 Å². The number of aryl methyl sites for hydroxylation is 1. The van der Waals surface area contributed by atoms with Crippen molar-refractivity contribution in [1.82, 2.24) is 15.0 Å². The number of piperidine rings is 1. The van der Waals surface area contributed by atoms with Crippen LogP contribution in [0.15, 0.2) is 10.6 Å². The van der Waals surface area contributed by atoms with Gasteiger partial charge in [-0.2, -0.15) is 0 Å². The number of morpholine rings is 1. The Kier molecular flexibility index (Phi) is 3.60. The van der Waals surface area contributed by atoms with E-state index in [0.29, 0.717) is 0 Å². The highest BCUT2D eigenvalue weighted by Crippen LogP contribution is 2.28. The predicted octanol–water partition coefficient (Wildman–Crippen LogP) is 1.28. The van der Waals surface area contributed by atoms with E-state index in [2.05, 4.69) is 22.0 Å². The summed E-state index contributed by atoms with van der Waals surface area (Å²) in [7, 11) is 2.18. The average Bonchev–Trinajstić information content (AvgIpc) is 2.74. The summed E-state index contributed by atoms with van der Waals surface area (Å²) in [5, 5.41) is 4.09. The van der Waals surface area contributed by atoms with Gasteiger partial charge in [0, 0.05) is 32.2 Å². The van der Waals surface area contributed by atoms with Gasteiger partial charge in [0.1, 0.15) is 5.76 Å². The molecule has 0 aliphatic carbocycles. The molecule has 2 saturated heterocycles. The molecule has 0 aromatic carbocycles. The Morgan fingerprint density at radius 1 is 1.37 bits per heavy atom. The molecule has 5 nitrogen and oxygen atoms in total. The summed E-state index contributed by atoms with van der Waals surface area (Å²) in [6.45, 7) is 7.85. The SMILES string of the molecule is Cc1cc(CN2CCOC3(CCCN(C)C3)C2)no1. The number of hydrogen-bond donors (Lipinski definition) is 0. The molecule has 2 aliphatic rings. The fourth-order valence-corrected chi connectivity index (χ4v) is 3.35. The van der Waals surface area contributed by atoms with Gasteiger partial charge in [-0.3, -0.25) is 4.90 Å². The summed E-state index contributed by atoms with van der Waals surface area (Å²) in [4.78, 5) is 4.83. The molecule has 1 aromatic rings. The molecule has 5 heteroatoms. The maximum atomic E-state index is 6.12. The first kappa shape index (κ1) is 13.1. The molecule has 0 N–H and O–H groups in total. The second-order valence-corrected chi connectivity index (χ2v) is 6.01. The van der Waals surface area contributed by atoms with Gasteiger partial charge >= 0.3 is 0 Å². The number of nitrogens with zero attached hydrogens (tertiary/aromatic N) is 3. The number of rotatable bonds is 2. The zero-order valence-corrected chi connectivity index (χ0v) is 11.9. The lowest BCUT2D eigenvalue weighted by molar-refractivity contribution is -0.138. The molecule has 19 heavy (non-hydrogen) atoms. The minimum atomic E-state index is 0.0318. The highest BCUT2D eigenvalue weighted by Gasteiger charge is 2.39. The van der Waals surface area contributed by atoms with Crippen molar-refractivity contribution in [1.29, 1.82) is 0 Å². The monoisotopic (exact) mass is 265 g/mol. The molecule has 0 bridgehead atoms. The third kappa shape index (κ3) is 2.99. The van der Waals surface area contributed by atoms with E-state index in [-0.39, 0.29) is 5.60 Å². The molecule has 1 spiro atoms. The van der Waals surface area contributed by atoms with Gasteiger partial charge in [0.2, 0.25) is 0 Å². The smallest absolute Gasteiger partial charge is 0.133 e. The number of hydrogen-bond acceptors (Lipinski definition) is 5. The Balaban J connectivity index is 1.64. The molecule has 3 heterocycles. The second-order valence-electron chi connectivity index (χ2n) is 6.01. The minimum Gasteiger partial charge on any atom is -0.371 e. The van der Waals surface area contributed by atoms with Gasteiger partial charge in [-0.1, -0.05) is 5.16 Å². The van der Waals surface area contributed by atoms with E-state index in [0.717, 1.165) is 44.2 Å². The minimum absolute atomic E-state index is 0.0318. The van der Waals surface area contributed by atoms with Crippen molar-refractivity contribution in [3.8, 4) is 0 Å². The second kappa shape index (κ2) is 5.23. The molecule has 0 amide bonds. The van der Waals surface area contributed by atoms with Crippen molar-refractivity contribution >= 4 is 0 Å². The third-order valence-corrected chi connectivity index (χ3v) is 4.12. The molecular formula is C14H23N3O2. The van der Waals surface area contributed by atoms with Gasteiger partial charge in [0.15, 0.2) is 0 Å². The molecule has 2 fully saturated rings. The topological polar surface area (TPSA) is 41.7 Å². The summed E-state index contributed by atoms with van der Waals surface area (Å²) in [6.07, 6.45) is 2.40. The van der Waals surface area contributed by atoms with Crippen molar-refractivity contribution in [2.24, 2.45) is 0 Å². The Hall–Kier alpha value is -0.910. The van der Waals surface area contributed by atoms with Crippen molar-refractivity contribution < 1.29 is 9.26 Å². The van der Waals surface area contributed by atoms with Crippen LogP contribution in [0.4, 0.5) is 0 Å². The van der Waals surface area contributed by atoms with Gasteiger partial charge in [-0.15, -0.1) is 0 Å². The quantitative estimate of drug-likeness (QED) is 0.806.